The SMILES string of the molecule is C=C1COCC(C)c2nc(C)c(CC)c(=O)n21. The van der Waals surface area contributed by atoms with Crippen LogP contribution in [0.3, 0.4) is 0 Å². The molecular formula is C13H18N2O2. The van der Waals surface area contributed by atoms with Crippen LogP contribution in [0.25, 0.3) is 5.70 Å². The summed E-state index contributed by atoms with van der Waals surface area (Å²) < 4.78 is 7.10. The predicted octanol–water partition coefficient (Wildman–Crippen LogP) is 1.72. The number of fused-ring (bicyclic) bond motifs is 1. The van der Waals surface area contributed by atoms with Gasteiger partial charge in [0.1, 0.15) is 5.82 Å². The van der Waals surface area contributed by atoms with Crippen LogP contribution in [-0.2, 0) is 11.2 Å². The van der Waals surface area contributed by atoms with Gasteiger partial charge in [-0.2, -0.15) is 0 Å². The van der Waals surface area contributed by atoms with Gasteiger partial charge in [-0.25, -0.2) is 4.98 Å². The van der Waals surface area contributed by atoms with Crippen molar-refractivity contribution in [2.24, 2.45) is 0 Å². The van der Waals surface area contributed by atoms with Crippen LogP contribution in [0.15, 0.2) is 11.4 Å². The minimum Gasteiger partial charge on any atom is -0.375 e. The maximum absolute atomic E-state index is 12.4. The third-order valence-corrected chi connectivity index (χ3v) is 3.16. The van der Waals surface area contributed by atoms with E-state index in [0.29, 0.717) is 25.3 Å². The molecule has 1 atom stereocenters. The molecular weight excluding hydrogens is 216 g/mol. The second-order valence-electron chi connectivity index (χ2n) is 4.51. The van der Waals surface area contributed by atoms with Crippen LogP contribution in [0.1, 0.15) is 36.8 Å². The molecule has 92 valence electrons. The van der Waals surface area contributed by atoms with Crippen molar-refractivity contribution < 1.29 is 4.74 Å². The lowest BCUT2D eigenvalue weighted by atomic mass is 10.1. The van der Waals surface area contributed by atoms with Crippen LogP contribution in [-0.4, -0.2) is 22.8 Å². The molecule has 4 heteroatoms. The van der Waals surface area contributed by atoms with Gasteiger partial charge < -0.3 is 4.74 Å². The lowest BCUT2D eigenvalue weighted by Crippen LogP contribution is -2.29. The molecule has 0 saturated heterocycles. The first-order valence-corrected chi connectivity index (χ1v) is 5.94. The summed E-state index contributed by atoms with van der Waals surface area (Å²) in [6.45, 7) is 10.8. The summed E-state index contributed by atoms with van der Waals surface area (Å²) in [6.07, 6.45) is 0.695. The molecule has 2 rings (SSSR count). The molecule has 1 aliphatic heterocycles. The van der Waals surface area contributed by atoms with E-state index in [9.17, 15) is 4.79 Å². The van der Waals surface area contributed by atoms with Crippen LogP contribution >= 0.6 is 0 Å². The molecule has 1 aromatic rings. The average molecular weight is 234 g/mol. The van der Waals surface area contributed by atoms with E-state index in [1.54, 1.807) is 4.57 Å². The first-order valence-electron chi connectivity index (χ1n) is 5.94. The summed E-state index contributed by atoms with van der Waals surface area (Å²) in [5.74, 6) is 0.888. The summed E-state index contributed by atoms with van der Waals surface area (Å²) in [6, 6.07) is 0. The van der Waals surface area contributed by atoms with Crippen LogP contribution < -0.4 is 5.56 Å². The maximum atomic E-state index is 12.4. The van der Waals surface area contributed by atoms with E-state index < -0.39 is 0 Å². The monoisotopic (exact) mass is 234 g/mol. The van der Waals surface area contributed by atoms with Crippen molar-refractivity contribution in [1.29, 1.82) is 0 Å². The second kappa shape index (κ2) is 4.45. The molecule has 0 bridgehead atoms. The van der Waals surface area contributed by atoms with Crippen molar-refractivity contribution in [1.82, 2.24) is 9.55 Å². The third kappa shape index (κ3) is 1.93. The van der Waals surface area contributed by atoms with E-state index in [4.69, 9.17) is 4.74 Å². The molecule has 0 aromatic carbocycles. The summed E-state index contributed by atoms with van der Waals surface area (Å²) in [4.78, 5) is 16.9. The summed E-state index contributed by atoms with van der Waals surface area (Å²) in [5, 5.41) is 0. The zero-order valence-electron chi connectivity index (χ0n) is 10.6. The summed E-state index contributed by atoms with van der Waals surface area (Å²) >= 11 is 0. The zero-order valence-corrected chi connectivity index (χ0v) is 10.6. The summed E-state index contributed by atoms with van der Waals surface area (Å²) in [5.41, 5.74) is 2.28. The number of ether oxygens (including phenoxy) is 1. The first-order chi connectivity index (χ1) is 8.06. The highest BCUT2D eigenvalue weighted by atomic mass is 16.5. The number of hydrogen-bond donors (Lipinski definition) is 0. The van der Waals surface area contributed by atoms with Crippen molar-refractivity contribution in [3.63, 3.8) is 0 Å². The van der Waals surface area contributed by atoms with Crippen molar-refractivity contribution in [2.45, 2.75) is 33.1 Å². The summed E-state index contributed by atoms with van der Waals surface area (Å²) in [7, 11) is 0. The fourth-order valence-corrected chi connectivity index (χ4v) is 2.22. The van der Waals surface area contributed by atoms with E-state index in [0.717, 1.165) is 17.1 Å². The Morgan fingerprint density at radius 1 is 1.59 bits per heavy atom. The smallest absolute Gasteiger partial charge is 0.261 e. The normalized spacial score (nSPS) is 19.9. The molecule has 0 aliphatic carbocycles. The second-order valence-corrected chi connectivity index (χ2v) is 4.51. The van der Waals surface area contributed by atoms with Gasteiger partial charge in [-0.1, -0.05) is 20.4 Å². The molecule has 1 unspecified atom stereocenters. The topological polar surface area (TPSA) is 44.1 Å². The largest absolute Gasteiger partial charge is 0.375 e. The Kier molecular flexibility index (Phi) is 3.15. The van der Waals surface area contributed by atoms with Gasteiger partial charge in [-0.05, 0) is 13.3 Å². The van der Waals surface area contributed by atoms with Crippen LogP contribution in [0.2, 0.25) is 0 Å². The van der Waals surface area contributed by atoms with E-state index in [-0.39, 0.29) is 11.5 Å². The van der Waals surface area contributed by atoms with E-state index >= 15 is 0 Å². The van der Waals surface area contributed by atoms with Crippen LogP contribution in [0.5, 0.6) is 0 Å². The Balaban J connectivity index is 2.75. The van der Waals surface area contributed by atoms with E-state index in [2.05, 4.69) is 11.6 Å². The predicted molar refractivity (Wildman–Crippen MR) is 67.2 cm³/mol. The minimum atomic E-state index is 0.0114. The van der Waals surface area contributed by atoms with Gasteiger partial charge in [0.15, 0.2) is 0 Å². The first kappa shape index (κ1) is 12.0. The minimum absolute atomic E-state index is 0.0114. The fraction of sp³-hybridized carbons (Fsp3) is 0.538. The van der Waals surface area contributed by atoms with E-state index in [1.165, 1.54) is 0 Å². The van der Waals surface area contributed by atoms with Gasteiger partial charge >= 0.3 is 0 Å². The Labute approximate surface area is 101 Å². The van der Waals surface area contributed by atoms with Crippen molar-refractivity contribution in [3.8, 4) is 0 Å². The highest BCUT2D eigenvalue weighted by molar-refractivity contribution is 5.45. The molecule has 0 radical (unpaired) electrons. The maximum Gasteiger partial charge on any atom is 0.261 e. The molecule has 0 N–H and O–H groups in total. The van der Waals surface area contributed by atoms with Gasteiger partial charge in [-0.3, -0.25) is 9.36 Å². The van der Waals surface area contributed by atoms with Gasteiger partial charge in [0.05, 0.1) is 13.2 Å². The van der Waals surface area contributed by atoms with Gasteiger partial charge in [0.25, 0.3) is 5.56 Å². The Morgan fingerprint density at radius 2 is 2.29 bits per heavy atom. The molecule has 1 aliphatic rings. The van der Waals surface area contributed by atoms with E-state index in [1.807, 2.05) is 20.8 Å². The lowest BCUT2D eigenvalue weighted by Gasteiger charge is -2.16. The molecule has 2 heterocycles. The van der Waals surface area contributed by atoms with Gasteiger partial charge in [-0.15, -0.1) is 0 Å². The van der Waals surface area contributed by atoms with Gasteiger partial charge in [0, 0.05) is 22.9 Å². The molecule has 0 amide bonds. The van der Waals surface area contributed by atoms with Crippen molar-refractivity contribution in [2.75, 3.05) is 13.2 Å². The molecule has 4 nitrogen and oxygen atoms in total. The standard InChI is InChI=1S/C13H18N2O2/c1-5-11-10(4)14-12-8(2)6-17-7-9(3)15(12)13(11)16/h8H,3,5-7H2,1-2,4H3. The Hall–Kier alpha value is -1.42. The Bertz CT molecular complexity index is 517. The molecule has 0 saturated carbocycles. The van der Waals surface area contributed by atoms with Crippen LogP contribution in [0.4, 0.5) is 0 Å². The number of aromatic nitrogens is 2. The Morgan fingerprint density at radius 3 is 2.94 bits per heavy atom. The number of hydrogen-bond acceptors (Lipinski definition) is 3. The molecule has 0 fully saturated rings. The van der Waals surface area contributed by atoms with Crippen molar-refractivity contribution >= 4 is 5.70 Å². The number of rotatable bonds is 1. The highest BCUT2D eigenvalue weighted by Gasteiger charge is 2.22. The highest BCUT2D eigenvalue weighted by Crippen LogP contribution is 2.20. The quantitative estimate of drug-likeness (QED) is 0.743. The van der Waals surface area contributed by atoms with Crippen LogP contribution in [0, 0.1) is 6.92 Å². The molecule has 1 aromatic heterocycles. The average Bonchev–Trinajstić information content (AvgIpc) is 2.40. The fourth-order valence-electron chi connectivity index (χ4n) is 2.22. The van der Waals surface area contributed by atoms with Crippen molar-refractivity contribution in [3.05, 3.63) is 34.0 Å². The number of nitrogens with zero attached hydrogens (tertiary/aromatic N) is 2. The number of aryl methyl sites for hydroxylation is 1. The zero-order chi connectivity index (χ0) is 12.6. The van der Waals surface area contributed by atoms with Gasteiger partial charge in [0.2, 0.25) is 0 Å². The lowest BCUT2D eigenvalue weighted by molar-refractivity contribution is 0.158. The molecule has 0 spiro atoms. The third-order valence-electron chi connectivity index (χ3n) is 3.16. The molecule has 17 heavy (non-hydrogen) atoms.